The molecule has 0 spiro atoms. The Morgan fingerprint density at radius 1 is 1.21 bits per heavy atom. The van der Waals surface area contributed by atoms with E-state index in [1.807, 2.05) is 0 Å². The lowest BCUT2D eigenvalue weighted by atomic mass is 9.99. The van der Waals surface area contributed by atoms with E-state index in [9.17, 15) is 21.6 Å². The molecule has 134 valence electrons. The van der Waals surface area contributed by atoms with E-state index in [-0.39, 0.29) is 41.5 Å². The second-order valence-corrected chi connectivity index (χ2v) is 9.52. The molecule has 0 aliphatic carbocycles. The molecule has 24 heavy (non-hydrogen) atoms. The first-order chi connectivity index (χ1) is 11.1. The maximum atomic E-state index is 12.8. The lowest BCUT2D eigenvalue weighted by molar-refractivity contribution is -0.142. The molecule has 0 bridgehead atoms. The first-order valence-electron chi connectivity index (χ1n) is 7.18. The van der Waals surface area contributed by atoms with E-state index in [2.05, 4.69) is 0 Å². The van der Waals surface area contributed by atoms with Gasteiger partial charge in [-0.25, -0.2) is 16.8 Å². The molecule has 10 heteroatoms. The topological polar surface area (TPSA) is 118 Å². The number of ether oxygens (including phenoxy) is 1. The van der Waals surface area contributed by atoms with Gasteiger partial charge in [0, 0.05) is 19.3 Å². The average molecular weight is 377 g/mol. The van der Waals surface area contributed by atoms with E-state index in [1.54, 1.807) is 0 Å². The quantitative estimate of drug-likeness (QED) is 0.797. The molecule has 0 atom stereocenters. The Bertz CT molecular complexity index is 838. The number of nitrogens with zero attached hydrogens (tertiary/aromatic N) is 1. The number of piperidine rings is 1. The summed E-state index contributed by atoms with van der Waals surface area (Å²) in [5.41, 5.74) is 0. The molecular weight excluding hydrogens is 358 g/mol. The fraction of sp³-hybridized carbons (Fsp3) is 0.500. The molecule has 1 N–H and O–H groups in total. The minimum Gasteiger partial charge on any atom is -0.495 e. The summed E-state index contributed by atoms with van der Waals surface area (Å²) in [7, 11) is -6.27. The Hall–Kier alpha value is -1.65. The average Bonchev–Trinajstić information content (AvgIpc) is 2.53. The van der Waals surface area contributed by atoms with Gasteiger partial charge in [-0.2, -0.15) is 4.31 Å². The number of carboxylic acid groups (broad SMARTS) is 1. The Morgan fingerprint density at radius 3 is 2.25 bits per heavy atom. The molecule has 1 aromatic carbocycles. The standard InChI is InChI=1S/C14H19NO7S2/c1-22-12-4-3-11(23(2,18)19)9-13(12)24(20,21)15-7-5-10(6-8-15)14(16)17/h3-4,9-10H,5-8H2,1-2H3,(H,16,17). The molecule has 8 nitrogen and oxygen atoms in total. The van der Waals surface area contributed by atoms with Crippen LogP contribution in [0.25, 0.3) is 0 Å². The molecule has 1 aliphatic rings. The van der Waals surface area contributed by atoms with Gasteiger partial charge in [-0.15, -0.1) is 0 Å². The van der Waals surface area contributed by atoms with Gasteiger partial charge in [-0.3, -0.25) is 4.79 Å². The third-order valence-electron chi connectivity index (χ3n) is 3.98. The summed E-state index contributed by atoms with van der Waals surface area (Å²) < 4.78 is 55.3. The van der Waals surface area contributed by atoms with Crippen LogP contribution in [0.2, 0.25) is 0 Å². The molecule has 1 aliphatic heterocycles. The molecule has 0 radical (unpaired) electrons. The maximum Gasteiger partial charge on any atom is 0.306 e. The predicted octanol–water partition coefficient (Wildman–Crippen LogP) is 0.584. The number of rotatable bonds is 5. The third-order valence-corrected chi connectivity index (χ3v) is 7.01. The number of hydrogen-bond acceptors (Lipinski definition) is 6. The SMILES string of the molecule is COc1ccc(S(C)(=O)=O)cc1S(=O)(=O)N1CCC(C(=O)O)CC1. The highest BCUT2D eigenvalue weighted by Crippen LogP contribution is 2.31. The fourth-order valence-corrected chi connectivity index (χ4v) is 4.94. The molecule has 0 unspecified atom stereocenters. The molecule has 1 saturated heterocycles. The van der Waals surface area contributed by atoms with Crippen LogP contribution in [0.1, 0.15) is 12.8 Å². The summed E-state index contributed by atoms with van der Waals surface area (Å²) in [5, 5.41) is 9.00. The number of hydrogen-bond donors (Lipinski definition) is 1. The van der Waals surface area contributed by atoms with Crippen LogP contribution in [0.5, 0.6) is 5.75 Å². The van der Waals surface area contributed by atoms with Crippen LogP contribution < -0.4 is 4.74 Å². The first kappa shape index (κ1) is 18.7. The van der Waals surface area contributed by atoms with Gasteiger partial charge in [0.05, 0.1) is 17.9 Å². The van der Waals surface area contributed by atoms with Crippen molar-refractivity contribution in [2.24, 2.45) is 5.92 Å². The van der Waals surface area contributed by atoms with Crippen LogP contribution in [0.15, 0.2) is 28.0 Å². The van der Waals surface area contributed by atoms with Crippen molar-refractivity contribution >= 4 is 25.8 Å². The summed E-state index contributed by atoms with van der Waals surface area (Å²) in [6.45, 7) is 0.122. The minimum atomic E-state index is -3.99. The maximum absolute atomic E-state index is 12.8. The summed E-state index contributed by atoms with van der Waals surface area (Å²) in [6.07, 6.45) is 1.41. The second-order valence-electron chi connectivity index (χ2n) is 5.60. The van der Waals surface area contributed by atoms with Crippen LogP contribution in [0.3, 0.4) is 0 Å². The summed E-state index contributed by atoms with van der Waals surface area (Å²) in [4.78, 5) is 10.6. The van der Waals surface area contributed by atoms with E-state index in [1.165, 1.54) is 19.2 Å². The van der Waals surface area contributed by atoms with Crippen molar-refractivity contribution in [1.82, 2.24) is 4.31 Å². The summed E-state index contributed by atoms with van der Waals surface area (Å²) in [6, 6.07) is 3.66. The first-order valence-corrected chi connectivity index (χ1v) is 10.5. The van der Waals surface area contributed by atoms with Crippen molar-refractivity contribution in [3.05, 3.63) is 18.2 Å². The van der Waals surface area contributed by atoms with E-state index >= 15 is 0 Å². The highest BCUT2D eigenvalue weighted by Gasteiger charge is 2.34. The van der Waals surface area contributed by atoms with Gasteiger partial charge in [0.25, 0.3) is 0 Å². The van der Waals surface area contributed by atoms with Crippen LogP contribution in [-0.2, 0) is 24.7 Å². The Labute approximate surface area is 141 Å². The van der Waals surface area contributed by atoms with Crippen LogP contribution >= 0.6 is 0 Å². The molecule has 0 saturated carbocycles. The summed E-state index contributed by atoms with van der Waals surface area (Å²) in [5.74, 6) is -1.47. The predicted molar refractivity (Wildman–Crippen MR) is 85.2 cm³/mol. The zero-order chi connectivity index (χ0) is 18.1. The summed E-state index contributed by atoms with van der Waals surface area (Å²) >= 11 is 0. The number of benzene rings is 1. The Kier molecular flexibility index (Phi) is 5.21. The Morgan fingerprint density at radius 2 is 1.79 bits per heavy atom. The number of sulfone groups is 1. The molecule has 2 rings (SSSR count). The van der Waals surface area contributed by atoms with E-state index in [0.29, 0.717) is 0 Å². The largest absolute Gasteiger partial charge is 0.495 e. The second kappa shape index (κ2) is 6.69. The zero-order valence-electron chi connectivity index (χ0n) is 13.3. The number of carboxylic acids is 1. The molecule has 1 fully saturated rings. The van der Waals surface area contributed by atoms with Gasteiger partial charge in [0.15, 0.2) is 9.84 Å². The van der Waals surface area contributed by atoms with Crippen molar-refractivity contribution in [3.8, 4) is 5.75 Å². The molecular formula is C14H19NO7S2. The minimum absolute atomic E-state index is 0.0442. The van der Waals surface area contributed by atoms with Crippen molar-refractivity contribution in [3.63, 3.8) is 0 Å². The lowest BCUT2D eigenvalue weighted by Gasteiger charge is -2.29. The molecule has 1 aromatic rings. The van der Waals surface area contributed by atoms with Gasteiger partial charge < -0.3 is 9.84 Å². The van der Waals surface area contributed by atoms with Gasteiger partial charge in [-0.1, -0.05) is 0 Å². The molecule has 0 aromatic heterocycles. The van der Waals surface area contributed by atoms with Gasteiger partial charge in [-0.05, 0) is 31.0 Å². The normalized spacial score (nSPS) is 17.6. The van der Waals surface area contributed by atoms with Crippen molar-refractivity contribution in [2.45, 2.75) is 22.6 Å². The van der Waals surface area contributed by atoms with E-state index < -0.39 is 31.7 Å². The number of methoxy groups -OCH3 is 1. The van der Waals surface area contributed by atoms with Crippen LogP contribution in [0, 0.1) is 5.92 Å². The van der Waals surface area contributed by atoms with Crippen molar-refractivity contribution in [1.29, 1.82) is 0 Å². The smallest absolute Gasteiger partial charge is 0.306 e. The number of carbonyl (C=O) groups is 1. The fourth-order valence-electron chi connectivity index (χ4n) is 2.57. The number of aliphatic carboxylic acids is 1. The van der Waals surface area contributed by atoms with Crippen LogP contribution in [-0.4, -0.2) is 58.7 Å². The van der Waals surface area contributed by atoms with Crippen molar-refractivity contribution < 1.29 is 31.5 Å². The lowest BCUT2D eigenvalue weighted by Crippen LogP contribution is -2.40. The van der Waals surface area contributed by atoms with E-state index in [4.69, 9.17) is 9.84 Å². The monoisotopic (exact) mass is 377 g/mol. The highest BCUT2D eigenvalue weighted by atomic mass is 32.2. The number of sulfonamides is 1. The van der Waals surface area contributed by atoms with Gasteiger partial charge in [0.1, 0.15) is 10.6 Å². The van der Waals surface area contributed by atoms with Gasteiger partial charge in [0.2, 0.25) is 10.0 Å². The third kappa shape index (κ3) is 3.70. The van der Waals surface area contributed by atoms with Gasteiger partial charge >= 0.3 is 5.97 Å². The van der Waals surface area contributed by atoms with Crippen LogP contribution in [0.4, 0.5) is 0 Å². The van der Waals surface area contributed by atoms with Crippen molar-refractivity contribution in [2.75, 3.05) is 26.5 Å². The van der Waals surface area contributed by atoms with E-state index in [0.717, 1.165) is 16.6 Å². The Balaban J connectivity index is 2.40. The molecule has 0 amide bonds. The zero-order valence-corrected chi connectivity index (χ0v) is 14.9. The highest BCUT2D eigenvalue weighted by molar-refractivity contribution is 7.91. The molecule has 1 heterocycles.